The molecule has 0 aliphatic carbocycles. The highest BCUT2D eigenvalue weighted by molar-refractivity contribution is 5.95. The molecule has 0 unspecified atom stereocenters. The summed E-state index contributed by atoms with van der Waals surface area (Å²) in [6, 6.07) is -4.07. The fourth-order valence-corrected chi connectivity index (χ4v) is 6.44. The Hall–Kier alpha value is -4.15. The van der Waals surface area contributed by atoms with E-state index in [1.165, 1.54) is 85.8 Å². The van der Waals surface area contributed by atoms with Crippen LogP contribution in [-0.4, -0.2) is 109 Å². The van der Waals surface area contributed by atoms with E-state index in [0.29, 0.717) is 45.2 Å². The van der Waals surface area contributed by atoms with Crippen LogP contribution in [0.15, 0.2) is 0 Å². The van der Waals surface area contributed by atoms with Crippen molar-refractivity contribution in [1.29, 1.82) is 0 Å². The second kappa shape index (κ2) is 33.4. The number of amides is 7. The number of unbranched alkanes of at least 4 members (excludes halogenated alkanes) is 14. The molecule has 0 aliphatic rings. The van der Waals surface area contributed by atoms with E-state index in [9.17, 15) is 33.6 Å². The largest absolute Gasteiger partial charge is 0.444 e. The van der Waals surface area contributed by atoms with E-state index in [4.69, 9.17) is 14.3 Å². The Morgan fingerprint density at radius 3 is 1.33 bits per heavy atom. The third-order valence-corrected chi connectivity index (χ3v) is 10.0. The maximum absolute atomic E-state index is 13.5. The third-order valence-electron chi connectivity index (χ3n) is 10.0. The maximum Gasteiger partial charge on any atom is 0.407 e. The summed E-state index contributed by atoms with van der Waals surface area (Å²) in [5.74, 6) is -2.59. The van der Waals surface area contributed by atoms with Gasteiger partial charge in [0.25, 0.3) is 5.91 Å². The van der Waals surface area contributed by atoms with Crippen molar-refractivity contribution >= 4 is 41.7 Å². The maximum atomic E-state index is 13.5. The van der Waals surface area contributed by atoms with Crippen molar-refractivity contribution in [2.45, 2.75) is 226 Å². The van der Waals surface area contributed by atoms with Crippen LogP contribution in [0.5, 0.6) is 0 Å². The molecule has 0 aromatic heterocycles. The summed E-state index contributed by atoms with van der Waals surface area (Å²) in [4.78, 5) is 95.1. The summed E-state index contributed by atoms with van der Waals surface area (Å²) in [6.07, 6.45) is 17.1. The highest BCUT2D eigenvalue weighted by atomic mass is 16.7. The summed E-state index contributed by atoms with van der Waals surface area (Å²) in [6.45, 7) is 16.4. The van der Waals surface area contributed by atoms with Gasteiger partial charge in [0.2, 0.25) is 23.6 Å². The molecule has 0 rings (SSSR count). The van der Waals surface area contributed by atoms with Crippen molar-refractivity contribution < 1.29 is 47.9 Å². The Morgan fingerprint density at radius 1 is 0.508 bits per heavy atom. The first-order valence-corrected chi connectivity index (χ1v) is 23.6. The predicted octanol–water partition coefficient (Wildman–Crippen LogP) is 6.86. The molecular formula is C46H87N7O10. The third kappa shape index (κ3) is 32.2. The Balaban J connectivity index is 5.23. The molecule has 0 bridgehead atoms. The van der Waals surface area contributed by atoms with Gasteiger partial charge in [0.1, 0.15) is 35.4 Å². The minimum absolute atomic E-state index is 0.227. The smallest absolute Gasteiger partial charge is 0.407 e. The van der Waals surface area contributed by atoms with Crippen LogP contribution >= 0.6 is 0 Å². The van der Waals surface area contributed by atoms with Crippen LogP contribution < -0.4 is 31.9 Å². The molecule has 0 saturated carbocycles. The number of nitrogens with zero attached hydrogens (tertiary/aromatic N) is 1. The number of rotatable bonds is 33. The van der Waals surface area contributed by atoms with Gasteiger partial charge >= 0.3 is 12.2 Å². The van der Waals surface area contributed by atoms with E-state index < -0.39 is 71.2 Å². The number of hydroxylamine groups is 2. The molecule has 0 fully saturated rings. The van der Waals surface area contributed by atoms with Crippen molar-refractivity contribution in [2.24, 2.45) is 0 Å². The molecule has 63 heavy (non-hydrogen) atoms. The molecule has 17 heteroatoms. The summed E-state index contributed by atoms with van der Waals surface area (Å²) < 4.78 is 10.5. The van der Waals surface area contributed by atoms with Gasteiger partial charge in [-0.25, -0.2) is 14.7 Å². The van der Waals surface area contributed by atoms with E-state index in [1.54, 1.807) is 41.5 Å². The number of hydrogen-bond donors (Lipinski definition) is 6. The van der Waals surface area contributed by atoms with Crippen LogP contribution in [0.4, 0.5) is 9.59 Å². The van der Waals surface area contributed by atoms with E-state index in [1.807, 2.05) is 0 Å². The quantitative estimate of drug-likeness (QED) is 0.0297. The molecule has 4 atom stereocenters. The molecule has 366 valence electrons. The van der Waals surface area contributed by atoms with E-state index in [0.717, 1.165) is 24.3 Å². The SMILES string of the molecule is CCCCCCCCCCCCCCCC(=O)N[C@@H](CCCCNC(=O)OC(C)(C)C)C(=O)N[C@@H](C)C(=O)N[C@@H](C)C(=O)N[C@@H](CCCCNC(=O)OC(C)(C)C)C(=O)N(C)OC. The van der Waals surface area contributed by atoms with Crippen LogP contribution in [0.3, 0.4) is 0 Å². The molecule has 0 aromatic carbocycles. The van der Waals surface area contributed by atoms with E-state index >= 15 is 0 Å². The molecule has 0 aromatic rings. The van der Waals surface area contributed by atoms with Crippen LogP contribution in [0.25, 0.3) is 0 Å². The summed E-state index contributed by atoms with van der Waals surface area (Å²) in [5.41, 5.74) is -1.27. The molecule has 0 radical (unpaired) electrons. The zero-order chi connectivity index (χ0) is 47.8. The number of ether oxygens (including phenoxy) is 2. The van der Waals surface area contributed by atoms with Crippen LogP contribution in [0.2, 0.25) is 0 Å². The fraction of sp³-hybridized carbons (Fsp3) is 0.848. The number of carbonyl (C=O) groups is 7. The topological polar surface area (TPSA) is 223 Å². The van der Waals surface area contributed by atoms with Gasteiger partial charge in [-0.15, -0.1) is 0 Å². The average Bonchev–Trinajstić information content (AvgIpc) is 3.19. The average molecular weight is 898 g/mol. The second-order valence-electron chi connectivity index (χ2n) is 18.5. The Morgan fingerprint density at radius 2 is 0.905 bits per heavy atom. The zero-order valence-electron chi connectivity index (χ0n) is 40.9. The summed E-state index contributed by atoms with van der Waals surface area (Å²) in [7, 11) is 2.73. The van der Waals surface area contributed by atoms with Crippen molar-refractivity contribution in [3.8, 4) is 0 Å². The molecule has 7 amide bonds. The van der Waals surface area contributed by atoms with Gasteiger partial charge in [-0.1, -0.05) is 84.0 Å². The van der Waals surface area contributed by atoms with Crippen molar-refractivity contribution in [3.05, 3.63) is 0 Å². The second-order valence-corrected chi connectivity index (χ2v) is 18.5. The van der Waals surface area contributed by atoms with Crippen molar-refractivity contribution in [2.75, 3.05) is 27.2 Å². The lowest BCUT2D eigenvalue weighted by Crippen LogP contribution is -2.56. The van der Waals surface area contributed by atoms with E-state index in [2.05, 4.69) is 38.8 Å². The molecule has 0 heterocycles. The van der Waals surface area contributed by atoms with Gasteiger partial charge in [0.05, 0.1) is 7.11 Å². The van der Waals surface area contributed by atoms with Gasteiger partial charge in [-0.3, -0.25) is 28.8 Å². The zero-order valence-corrected chi connectivity index (χ0v) is 40.9. The first-order chi connectivity index (χ1) is 29.6. The number of likely N-dealkylation sites (N-methyl/N-ethyl adjacent to an activating group) is 1. The normalized spacial score (nSPS) is 13.4. The Labute approximate surface area is 379 Å². The standard InChI is InChI=1S/C46H87N7O10/c1-12-13-14-15-16-17-18-19-20-21-22-23-24-31-38(54)51-36(29-25-27-32-47-43(59)62-45(4,5)6)41(57)50-34(2)39(55)49-35(3)40(56)52-37(42(58)53(10)61-11)30-26-28-33-48-44(60)63-46(7,8)9/h34-37H,12-33H2,1-11H3,(H,47,59)(H,48,60)(H,49,55)(H,50,57)(H,51,54)(H,52,56)/t34-,35-,36-,37-/m0/s1. The number of hydrogen-bond acceptors (Lipinski definition) is 10. The lowest BCUT2D eigenvalue weighted by Gasteiger charge is -2.25. The first kappa shape index (κ1) is 58.9. The van der Waals surface area contributed by atoms with Crippen LogP contribution in [0, 0.1) is 0 Å². The lowest BCUT2D eigenvalue weighted by molar-refractivity contribution is -0.171. The lowest BCUT2D eigenvalue weighted by atomic mass is 10.0. The first-order valence-electron chi connectivity index (χ1n) is 23.6. The number of carbonyl (C=O) groups excluding carboxylic acids is 7. The van der Waals surface area contributed by atoms with Crippen molar-refractivity contribution in [3.63, 3.8) is 0 Å². The predicted molar refractivity (Wildman–Crippen MR) is 245 cm³/mol. The monoisotopic (exact) mass is 898 g/mol. The highest BCUT2D eigenvalue weighted by Gasteiger charge is 2.29. The minimum atomic E-state index is -1.08. The summed E-state index contributed by atoms with van der Waals surface area (Å²) in [5, 5.41) is 17.1. The molecule has 17 nitrogen and oxygen atoms in total. The number of nitrogens with one attached hydrogen (secondary N) is 6. The van der Waals surface area contributed by atoms with Gasteiger partial charge in [-0.2, -0.15) is 0 Å². The molecule has 0 saturated heterocycles. The fourth-order valence-electron chi connectivity index (χ4n) is 6.44. The number of alkyl carbamates (subject to hydrolysis) is 2. The molecule has 0 spiro atoms. The Kier molecular flexibility index (Phi) is 31.2. The van der Waals surface area contributed by atoms with Crippen LogP contribution in [-0.2, 0) is 38.3 Å². The van der Waals surface area contributed by atoms with Gasteiger partial charge in [0.15, 0.2) is 0 Å². The minimum Gasteiger partial charge on any atom is -0.444 e. The van der Waals surface area contributed by atoms with Gasteiger partial charge in [0, 0.05) is 26.6 Å². The van der Waals surface area contributed by atoms with Crippen LogP contribution in [0.1, 0.15) is 191 Å². The summed E-state index contributed by atoms with van der Waals surface area (Å²) >= 11 is 0. The van der Waals surface area contributed by atoms with E-state index in [-0.39, 0.29) is 25.2 Å². The van der Waals surface area contributed by atoms with Gasteiger partial charge in [-0.05, 0) is 100 Å². The molecule has 0 aliphatic heterocycles. The highest BCUT2D eigenvalue weighted by Crippen LogP contribution is 2.14. The molecular weight excluding hydrogens is 811 g/mol. The van der Waals surface area contributed by atoms with Crippen molar-refractivity contribution in [1.82, 2.24) is 37.0 Å². The Bertz CT molecular complexity index is 1350. The molecule has 6 N–H and O–H groups in total. The van der Waals surface area contributed by atoms with Gasteiger partial charge < -0.3 is 41.4 Å².